The SMILES string of the molecule is CCOc1ccc(-n2c(SCC(=O)Nc3ccc4c(c3)OC(F)(F)O4)nc3ccccc32)cc1. The van der Waals surface area contributed by atoms with E-state index >= 15 is 0 Å². The van der Waals surface area contributed by atoms with Gasteiger partial charge in [0.1, 0.15) is 5.75 Å². The van der Waals surface area contributed by atoms with E-state index in [4.69, 9.17) is 4.74 Å². The molecule has 3 aromatic carbocycles. The maximum atomic E-state index is 13.2. The average Bonchev–Trinajstić information content (AvgIpc) is 3.33. The molecule has 1 N–H and O–H groups in total. The maximum Gasteiger partial charge on any atom is 0.586 e. The van der Waals surface area contributed by atoms with E-state index in [-0.39, 0.29) is 23.2 Å². The van der Waals surface area contributed by atoms with Gasteiger partial charge in [-0.1, -0.05) is 23.9 Å². The number of halogens is 2. The van der Waals surface area contributed by atoms with Crippen molar-refractivity contribution in [3.63, 3.8) is 0 Å². The molecule has 1 amide bonds. The van der Waals surface area contributed by atoms with Gasteiger partial charge >= 0.3 is 6.29 Å². The number of amides is 1. The van der Waals surface area contributed by atoms with Crippen LogP contribution in [0.4, 0.5) is 14.5 Å². The van der Waals surface area contributed by atoms with Crippen LogP contribution in [0, 0.1) is 0 Å². The first-order valence-electron chi connectivity index (χ1n) is 10.4. The lowest BCUT2D eigenvalue weighted by molar-refractivity contribution is -0.286. The van der Waals surface area contributed by atoms with Crippen LogP contribution >= 0.6 is 11.8 Å². The molecular weight excluding hydrogens is 464 g/mol. The summed E-state index contributed by atoms with van der Waals surface area (Å²) in [6.07, 6.45) is -3.71. The van der Waals surface area contributed by atoms with Gasteiger partial charge in [-0.05, 0) is 55.5 Å². The van der Waals surface area contributed by atoms with Gasteiger partial charge in [0, 0.05) is 17.4 Å². The minimum absolute atomic E-state index is 0.0605. The first-order valence-corrected chi connectivity index (χ1v) is 11.4. The number of anilines is 1. The smallest absolute Gasteiger partial charge is 0.494 e. The van der Waals surface area contributed by atoms with E-state index in [2.05, 4.69) is 19.8 Å². The number of nitrogens with zero attached hydrogens (tertiary/aromatic N) is 2. The average molecular weight is 483 g/mol. The summed E-state index contributed by atoms with van der Waals surface area (Å²) in [5.74, 6) is 0.297. The van der Waals surface area contributed by atoms with Crippen molar-refractivity contribution in [2.24, 2.45) is 0 Å². The van der Waals surface area contributed by atoms with E-state index < -0.39 is 6.29 Å². The van der Waals surface area contributed by atoms with Gasteiger partial charge < -0.3 is 19.5 Å². The largest absolute Gasteiger partial charge is 0.586 e. The maximum absolute atomic E-state index is 13.2. The molecule has 2 heterocycles. The fourth-order valence-electron chi connectivity index (χ4n) is 3.56. The van der Waals surface area contributed by atoms with Gasteiger partial charge in [-0.15, -0.1) is 8.78 Å². The van der Waals surface area contributed by atoms with Gasteiger partial charge in [-0.25, -0.2) is 4.98 Å². The molecule has 174 valence electrons. The molecule has 0 aliphatic carbocycles. The third kappa shape index (κ3) is 4.49. The fourth-order valence-corrected chi connectivity index (χ4v) is 4.39. The third-order valence-electron chi connectivity index (χ3n) is 4.95. The highest BCUT2D eigenvalue weighted by molar-refractivity contribution is 7.99. The second kappa shape index (κ2) is 8.86. The van der Waals surface area contributed by atoms with E-state index in [1.807, 2.05) is 60.0 Å². The van der Waals surface area contributed by atoms with Crippen molar-refractivity contribution in [2.75, 3.05) is 17.7 Å². The molecule has 0 atom stereocenters. The molecule has 0 saturated heterocycles. The summed E-state index contributed by atoms with van der Waals surface area (Å²) >= 11 is 1.27. The van der Waals surface area contributed by atoms with Crippen molar-refractivity contribution >= 4 is 34.4 Å². The number of ether oxygens (including phenoxy) is 3. The number of carbonyl (C=O) groups excluding carboxylic acids is 1. The number of rotatable bonds is 7. The zero-order valence-corrected chi connectivity index (χ0v) is 18.8. The van der Waals surface area contributed by atoms with Crippen LogP contribution in [-0.4, -0.2) is 34.1 Å². The topological polar surface area (TPSA) is 74.6 Å². The molecule has 0 unspecified atom stereocenters. The van der Waals surface area contributed by atoms with E-state index in [0.29, 0.717) is 17.5 Å². The van der Waals surface area contributed by atoms with Crippen molar-refractivity contribution in [2.45, 2.75) is 18.4 Å². The van der Waals surface area contributed by atoms with E-state index in [9.17, 15) is 13.6 Å². The number of imidazole rings is 1. The van der Waals surface area contributed by atoms with Crippen molar-refractivity contribution in [3.8, 4) is 22.9 Å². The van der Waals surface area contributed by atoms with Crippen molar-refractivity contribution < 1.29 is 27.8 Å². The highest BCUT2D eigenvalue weighted by Crippen LogP contribution is 2.42. The third-order valence-corrected chi connectivity index (χ3v) is 5.89. The van der Waals surface area contributed by atoms with Crippen LogP contribution in [0.3, 0.4) is 0 Å². The summed E-state index contributed by atoms with van der Waals surface area (Å²) < 4.78 is 42.7. The quantitative estimate of drug-likeness (QED) is 0.351. The molecule has 10 heteroatoms. The fraction of sp³-hybridized carbons (Fsp3) is 0.167. The lowest BCUT2D eigenvalue weighted by Gasteiger charge is -2.11. The molecule has 0 fully saturated rings. The molecule has 4 aromatic rings. The number of hydrogen-bond acceptors (Lipinski definition) is 6. The monoisotopic (exact) mass is 483 g/mol. The Labute approximate surface area is 197 Å². The van der Waals surface area contributed by atoms with E-state index in [1.165, 1.54) is 30.0 Å². The van der Waals surface area contributed by atoms with Crippen molar-refractivity contribution in [1.82, 2.24) is 9.55 Å². The molecule has 34 heavy (non-hydrogen) atoms. The molecule has 0 radical (unpaired) electrons. The molecule has 0 spiro atoms. The molecular formula is C24H19F2N3O4S. The minimum Gasteiger partial charge on any atom is -0.494 e. The Kier molecular flexibility index (Phi) is 5.74. The Morgan fingerprint density at radius 1 is 1.09 bits per heavy atom. The van der Waals surface area contributed by atoms with Crippen molar-refractivity contribution in [3.05, 3.63) is 66.7 Å². The number of hydrogen-bond donors (Lipinski definition) is 1. The Morgan fingerprint density at radius 3 is 2.65 bits per heavy atom. The Balaban J connectivity index is 1.33. The van der Waals surface area contributed by atoms with E-state index in [1.54, 1.807) is 0 Å². The van der Waals surface area contributed by atoms with Crippen LogP contribution in [0.1, 0.15) is 6.92 Å². The second-order valence-corrected chi connectivity index (χ2v) is 8.25. The summed E-state index contributed by atoms with van der Waals surface area (Å²) in [6.45, 7) is 2.51. The number of carbonyl (C=O) groups is 1. The number of fused-ring (bicyclic) bond motifs is 2. The number of nitrogens with one attached hydrogen (secondary N) is 1. The molecule has 7 nitrogen and oxygen atoms in total. The van der Waals surface area contributed by atoms with Gasteiger partial charge in [0.25, 0.3) is 0 Å². The minimum atomic E-state index is -3.71. The van der Waals surface area contributed by atoms with Gasteiger partial charge in [-0.2, -0.15) is 0 Å². The van der Waals surface area contributed by atoms with Gasteiger partial charge in [0.05, 0.1) is 23.4 Å². The first kappa shape index (κ1) is 22.0. The molecule has 1 aliphatic rings. The van der Waals surface area contributed by atoms with Gasteiger partial charge in [0.15, 0.2) is 16.7 Å². The highest BCUT2D eigenvalue weighted by atomic mass is 32.2. The zero-order valence-electron chi connectivity index (χ0n) is 18.0. The summed E-state index contributed by atoms with van der Waals surface area (Å²) in [5.41, 5.74) is 2.92. The molecule has 0 saturated carbocycles. The van der Waals surface area contributed by atoms with Crippen molar-refractivity contribution in [1.29, 1.82) is 0 Å². The number of aromatic nitrogens is 2. The van der Waals surface area contributed by atoms with Crippen LogP contribution in [0.5, 0.6) is 17.2 Å². The Hall–Kier alpha value is -3.79. The van der Waals surface area contributed by atoms with Crippen LogP contribution in [-0.2, 0) is 4.79 Å². The molecule has 5 rings (SSSR count). The predicted octanol–water partition coefficient (Wildman–Crippen LogP) is 5.48. The summed E-state index contributed by atoms with van der Waals surface area (Å²) in [4.78, 5) is 17.3. The predicted molar refractivity (Wildman–Crippen MR) is 124 cm³/mol. The summed E-state index contributed by atoms with van der Waals surface area (Å²) in [6, 6.07) is 19.5. The second-order valence-electron chi connectivity index (χ2n) is 7.31. The highest BCUT2D eigenvalue weighted by Gasteiger charge is 2.43. The standard InChI is InChI=1S/C24H19F2N3O4S/c1-2-31-17-10-8-16(9-11-17)29-19-6-4-3-5-18(19)28-23(29)34-14-22(30)27-15-7-12-20-21(13-15)33-24(25,26)32-20/h3-13H,2,14H2,1H3,(H,27,30). The number of para-hydroxylation sites is 2. The summed E-state index contributed by atoms with van der Waals surface area (Å²) in [7, 11) is 0. The lowest BCUT2D eigenvalue weighted by Crippen LogP contribution is -2.25. The van der Waals surface area contributed by atoms with Crippen LogP contribution in [0.15, 0.2) is 71.9 Å². The van der Waals surface area contributed by atoms with Crippen LogP contribution < -0.4 is 19.5 Å². The normalized spacial score (nSPS) is 13.7. The van der Waals surface area contributed by atoms with E-state index in [0.717, 1.165) is 22.5 Å². The number of thioether (sulfide) groups is 1. The number of benzene rings is 3. The van der Waals surface area contributed by atoms with Gasteiger partial charge in [0.2, 0.25) is 5.91 Å². The molecule has 0 bridgehead atoms. The summed E-state index contributed by atoms with van der Waals surface area (Å²) in [5, 5.41) is 3.33. The zero-order chi connectivity index (χ0) is 23.7. The van der Waals surface area contributed by atoms with Crippen LogP contribution in [0.25, 0.3) is 16.7 Å². The van der Waals surface area contributed by atoms with Crippen LogP contribution in [0.2, 0.25) is 0 Å². The lowest BCUT2D eigenvalue weighted by atomic mass is 10.2. The molecule has 1 aromatic heterocycles. The Bertz CT molecular complexity index is 1360. The molecule has 1 aliphatic heterocycles. The Morgan fingerprint density at radius 2 is 1.85 bits per heavy atom. The van der Waals surface area contributed by atoms with Gasteiger partial charge in [-0.3, -0.25) is 9.36 Å². The number of alkyl halides is 2. The first-order chi connectivity index (χ1) is 16.4.